The lowest BCUT2D eigenvalue weighted by molar-refractivity contribution is 0.476. The van der Waals surface area contributed by atoms with Crippen LogP contribution in [0.5, 0.6) is 0 Å². The molecule has 4 heteroatoms. The van der Waals surface area contributed by atoms with Gasteiger partial charge in [0.1, 0.15) is 0 Å². The molecular formula is C24H27N3O. The van der Waals surface area contributed by atoms with Gasteiger partial charge in [-0.15, -0.1) is 0 Å². The van der Waals surface area contributed by atoms with E-state index in [0.717, 1.165) is 55.1 Å². The molecule has 0 bridgehead atoms. The highest BCUT2D eigenvalue weighted by Crippen LogP contribution is 2.25. The topological polar surface area (TPSA) is 57.8 Å². The van der Waals surface area contributed by atoms with E-state index in [2.05, 4.69) is 52.8 Å². The zero-order valence-corrected chi connectivity index (χ0v) is 16.4. The van der Waals surface area contributed by atoms with Crippen molar-refractivity contribution >= 4 is 16.3 Å². The Kier molecular flexibility index (Phi) is 5.68. The predicted octanol–water partition coefficient (Wildman–Crippen LogP) is 4.39. The third-order valence-electron chi connectivity index (χ3n) is 5.63. The fourth-order valence-corrected chi connectivity index (χ4v) is 4.02. The molecule has 2 N–H and O–H groups in total. The largest absolute Gasteiger partial charge is 0.310 e. The van der Waals surface area contributed by atoms with Gasteiger partial charge in [0.2, 0.25) is 0 Å². The van der Waals surface area contributed by atoms with Gasteiger partial charge >= 0.3 is 0 Å². The normalized spacial score (nSPS) is 16.9. The van der Waals surface area contributed by atoms with Crippen LogP contribution >= 0.6 is 0 Å². The molecule has 1 aliphatic heterocycles. The standard InChI is InChI=1S/C24H27N3O/c1-17-10-12-18(13-11-17)19-14-15-25-20(16-19)6-2-5-9-23-21-7-3-4-8-22(21)24(28)27-26-23/h3-4,7-8,10-14,20,25H,2,5-6,9,15-16H2,1H3,(H,27,28). The number of fused-ring (bicyclic) bond motifs is 1. The molecule has 0 aliphatic carbocycles. The Bertz CT molecular complexity index is 1030. The van der Waals surface area contributed by atoms with Crippen molar-refractivity contribution in [2.45, 2.75) is 45.1 Å². The van der Waals surface area contributed by atoms with Gasteiger partial charge in [-0.25, -0.2) is 5.10 Å². The number of aromatic amines is 1. The molecule has 4 rings (SSSR count). The first-order valence-electron chi connectivity index (χ1n) is 10.2. The highest BCUT2D eigenvalue weighted by atomic mass is 16.1. The minimum atomic E-state index is -0.110. The summed E-state index contributed by atoms with van der Waals surface area (Å²) in [6.07, 6.45) is 7.67. The van der Waals surface area contributed by atoms with Crippen LogP contribution in [-0.2, 0) is 6.42 Å². The molecule has 28 heavy (non-hydrogen) atoms. The second kappa shape index (κ2) is 8.53. The maximum absolute atomic E-state index is 11.9. The van der Waals surface area contributed by atoms with E-state index in [9.17, 15) is 4.79 Å². The quantitative estimate of drug-likeness (QED) is 0.630. The number of rotatable bonds is 6. The molecule has 0 saturated heterocycles. The van der Waals surface area contributed by atoms with E-state index in [-0.39, 0.29) is 5.56 Å². The average molecular weight is 374 g/mol. The Labute approximate surface area is 165 Å². The van der Waals surface area contributed by atoms with Crippen LogP contribution in [-0.4, -0.2) is 22.8 Å². The third-order valence-corrected chi connectivity index (χ3v) is 5.63. The average Bonchev–Trinajstić information content (AvgIpc) is 2.73. The van der Waals surface area contributed by atoms with Crippen LogP contribution in [0, 0.1) is 6.92 Å². The number of nitrogens with one attached hydrogen (secondary N) is 2. The lowest BCUT2D eigenvalue weighted by atomic mass is 9.92. The molecule has 1 unspecified atom stereocenters. The van der Waals surface area contributed by atoms with Crippen LogP contribution in [0.4, 0.5) is 0 Å². The van der Waals surface area contributed by atoms with Gasteiger partial charge in [0.25, 0.3) is 5.56 Å². The molecule has 1 atom stereocenters. The summed E-state index contributed by atoms with van der Waals surface area (Å²) in [4.78, 5) is 11.9. The first-order valence-corrected chi connectivity index (χ1v) is 10.2. The van der Waals surface area contributed by atoms with Gasteiger partial charge < -0.3 is 5.32 Å². The summed E-state index contributed by atoms with van der Waals surface area (Å²) < 4.78 is 0. The molecule has 144 valence electrons. The number of aromatic nitrogens is 2. The third kappa shape index (κ3) is 4.23. The molecule has 0 amide bonds. The number of H-pyrrole nitrogens is 1. The highest BCUT2D eigenvalue weighted by Gasteiger charge is 2.16. The van der Waals surface area contributed by atoms with Gasteiger partial charge in [-0.2, -0.15) is 5.10 Å². The summed E-state index contributed by atoms with van der Waals surface area (Å²) in [5, 5.41) is 12.3. The molecule has 1 aliphatic rings. The highest BCUT2D eigenvalue weighted by molar-refractivity contribution is 5.83. The molecule has 4 nitrogen and oxygen atoms in total. The van der Waals surface area contributed by atoms with E-state index in [1.807, 2.05) is 24.3 Å². The molecule has 1 aromatic heterocycles. The Balaban J connectivity index is 1.31. The molecule has 0 fully saturated rings. The summed E-state index contributed by atoms with van der Waals surface area (Å²) >= 11 is 0. The van der Waals surface area contributed by atoms with Gasteiger partial charge in [-0.05, 0) is 49.8 Å². The minimum absolute atomic E-state index is 0.110. The summed E-state index contributed by atoms with van der Waals surface area (Å²) in [6, 6.07) is 17.1. The zero-order chi connectivity index (χ0) is 19.3. The van der Waals surface area contributed by atoms with Gasteiger partial charge in [-0.1, -0.05) is 60.5 Å². The van der Waals surface area contributed by atoms with E-state index in [1.54, 1.807) is 0 Å². The van der Waals surface area contributed by atoms with Crippen LogP contribution in [0.3, 0.4) is 0 Å². The van der Waals surface area contributed by atoms with Gasteiger partial charge in [0.05, 0.1) is 11.1 Å². The van der Waals surface area contributed by atoms with Gasteiger partial charge in [0.15, 0.2) is 0 Å². The fourth-order valence-electron chi connectivity index (χ4n) is 4.02. The Morgan fingerprint density at radius 3 is 2.64 bits per heavy atom. The van der Waals surface area contributed by atoms with Crippen molar-refractivity contribution in [3.8, 4) is 0 Å². The van der Waals surface area contributed by atoms with Gasteiger partial charge in [-0.3, -0.25) is 4.79 Å². The number of benzene rings is 2. The maximum Gasteiger partial charge on any atom is 0.272 e. The molecule has 3 aromatic rings. The van der Waals surface area contributed by atoms with Crippen molar-refractivity contribution in [1.29, 1.82) is 0 Å². The Hall–Kier alpha value is -2.72. The summed E-state index contributed by atoms with van der Waals surface area (Å²) in [6.45, 7) is 3.07. The van der Waals surface area contributed by atoms with E-state index >= 15 is 0 Å². The second-order valence-corrected chi connectivity index (χ2v) is 7.70. The second-order valence-electron chi connectivity index (χ2n) is 7.70. The number of hydrogen-bond acceptors (Lipinski definition) is 3. The smallest absolute Gasteiger partial charge is 0.272 e. The van der Waals surface area contributed by atoms with Crippen molar-refractivity contribution in [3.63, 3.8) is 0 Å². The first kappa shape index (κ1) is 18.6. The molecule has 0 radical (unpaired) electrons. The zero-order valence-electron chi connectivity index (χ0n) is 16.4. The molecule has 0 spiro atoms. The summed E-state index contributed by atoms with van der Waals surface area (Å²) in [7, 11) is 0. The molecule has 0 saturated carbocycles. The van der Waals surface area contributed by atoms with Crippen LogP contribution < -0.4 is 10.9 Å². The van der Waals surface area contributed by atoms with Crippen molar-refractivity contribution in [2.75, 3.05) is 6.54 Å². The number of nitrogens with zero attached hydrogens (tertiary/aromatic N) is 1. The number of unbranched alkanes of at least 4 members (excludes halogenated alkanes) is 1. The van der Waals surface area contributed by atoms with Crippen molar-refractivity contribution < 1.29 is 0 Å². The van der Waals surface area contributed by atoms with E-state index in [0.29, 0.717) is 6.04 Å². The molecule has 2 aromatic carbocycles. The predicted molar refractivity (Wildman–Crippen MR) is 115 cm³/mol. The number of hydrogen-bond donors (Lipinski definition) is 2. The fraction of sp³-hybridized carbons (Fsp3) is 0.333. The van der Waals surface area contributed by atoms with Crippen molar-refractivity contribution in [1.82, 2.24) is 15.5 Å². The maximum atomic E-state index is 11.9. The number of aryl methyl sites for hydroxylation is 2. The van der Waals surface area contributed by atoms with Crippen LogP contribution in [0.1, 0.15) is 42.5 Å². The molecule has 2 heterocycles. The summed E-state index contributed by atoms with van der Waals surface area (Å²) in [5.41, 5.74) is 4.99. The van der Waals surface area contributed by atoms with Crippen molar-refractivity contribution in [3.05, 3.63) is 81.8 Å². The van der Waals surface area contributed by atoms with Crippen LogP contribution in [0.2, 0.25) is 0 Å². The molecular weight excluding hydrogens is 346 g/mol. The van der Waals surface area contributed by atoms with Gasteiger partial charge in [0, 0.05) is 18.0 Å². The van der Waals surface area contributed by atoms with E-state index in [1.165, 1.54) is 16.7 Å². The van der Waals surface area contributed by atoms with Crippen LogP contribution in [0.15, 0.2) is 59.4 Å². The van der Waals surface area contributed by atoms with Crippen molar-refractivity contribution in [2.24, 2.45) is 0 Å². The van der Waals surface area contributed by atoms with E-state index < -0.39 is 0 Å². The Morgan fingerprint density at radius 2 is 1.82 bits per heavy atom. The lowest BCUT2D eigenvalue weighted by Crippen LogP contribution is -2.32. The lowest BCUT2D eigenvalue weighted by Gasteiger charge is -2.24. The van der Waals surface area contributed by atoms with E-state index in [4.69, 9.17) is 0 Å². The summed E-state index contributed by atoms with van der Waals surface area (Å²) in [5.74, 6) is 0. The first-order chi connectivity index (χ1) is 13.7. The SMILES string of the molecule is Cc1ccc(C2=CCNC(CCCCc3n[nH]c(=O)c4ccccc34)C2)cc1. The monoisotopic (exact) mass is 373 g/mol. The minimum Gasteiger partial charge on any atom is -0.310 e. The Morgan fingerprint density at radius 1 is 1.04 bits per heavy atom. The van der Waals surface area contributed by atoms with Crippen LogP contribution in [0.25, 0.3) is 16.3 Å².